The quantitative estimate of drug-likeness (QED) is 0.332. The number of nitrogens with two attached hydrogens (primary N) is 1. The van der Waals surface area contributed by atoms with Crippen molar-refractivity contribution in [3.63, 3.8) is 0 Å². The molecule has 3 aromatic carbocycles. The van der Waals surface area contributed by atoms with Gasteiger partial charge < -0.3 is 29.4 Å². The van der Waals surface area contributed by atoms with Crippen molar-refractivity contribution in [2.45, 2.75) is 5.92 Å². The second-order valence-corrected chi connectivity index (χ2v) is 8.38. The lowest BCUT2D eigenvalue weighted by molar-refractivity contribution is 0.0734. The molecule has 0 spiro atoms. The van der Waals surface area contributed by atoms with Crippen LogP contribution in [0, 0.1) is 11.3 Å². The lowest BCUT2D eigenvalue weighted by Crippen LogP contribution is -2.21. The second-order valence-electron chi connectivity index (χ2n) is 7.57. The number of fused-ring (bicyclic) bond motifs is 1. The van der Waals surface area contributed by atoms with Crippen LogP contribution in [0.4, 0.5) is 0 Å². The Hall–Kier alpha value is -4.06. The number of rotatable bonds is 6. The first-order valence-electron chi connectivity index (χ1n) is 10.5. The van der Waals surface area contributed by atoms with Crippen LogP contribution in [0.2, 0.25) is 10.0 Å². The van der Waals surface area contributed by atoms with E-state index in [1.165, 1.54) is 39.5 Å². The number of esters is 1. The monoisotopic (exact) mass is 526 g/mol. The van der Waals surface area contributed by atoms with Crippen molar-refractivity contribution in [3.8, 4) is 34.8 Å². The molecule has 8 nitrogen and oxygen atoms in total. The average molecular weight is 527 g/mol. The van der Waals surface area contributed by atoms with E-state index in [9.17, 15) is 10.1 Å². The van der Waals surface area contributed by atoms with Crippen LogP contribution in [0.3, 0.4) is 0 Å². The normalized spacial score (nSPS) is 14.3. The van der Waals surface area contributed by atoms with Gasteiger partial charge in [-0.05, 0) is 24.3 Å². The van der Waals surface area contributed by atoms with Gasteiger partial charge in [-0.15, -0.1) is 0 Å². The summed E-state index contributed by atoms with van der Waals surface area (Å²) in [5.41, 5.74) is 7.74. The molecule has 0 saturated carbocycles. The van der Waals surface area contributed by atoms with E-state index in [0.717, 1.165) is 0 Å². The van der Waals surface area contributed by atoms with E-state index in [-0.39, 0.29) is 38.6 Å². The lowest BCUT2D eigenvalue weighted by atomic mass is 9.83. The third-order valence-corrected chi connectivity index (χ3v) is 6.15. The summed E-state index contributed by atoms with van der Waals surface area (Å²) in [5.74, 6) is 0.355. The number of methoxy groups -OCH3 is 3. The first-order valence-corrected chi connectivity index (χ1v) is 11.3. The smallest absolute Gasteiger partial charge is 0.343 e. The molecule has 36 heavy (non-hydrogen) atoms. The van der Waals surface area contributed by atoms with Crippen LogP contribution in [0.1, 0.15) is 27.4 Å². The number of hydrogen-bond acceptors (Lipinski definition) is 8. The highest BCUT2D eigenvalue weighted by atomic mass is 35.5. The molecule has 1 atom stereocenters. The molecule has 0 saturated heterocycles. The summed E-state index contributed by atoms with van der Waals surface area (Å²) < 4.78 is 27.4. The van der Waals surface area contributed by atoms with Crippen LogP contribution in [-0.4, -0.2) is 27.3 Å². The zero-order valence-corrected chi connectivity index (χ0v) is 20.9. The number of ether oxygens (including phenoxy) is 5. The largest absolute Gasteiger partial charge is 0.494 e. The molecular weight excluding hydrogens is 507 g/mol. The number of allylic oxidation sites excluding steroid dienone is 1. The number of nitrogens with zero attached hydrogens (tertiary/aromatic N) is 1. The maximum absolute atomic E-state index is 12.8. The number of carbonyl (C=O) groups excluding carboxylic acids is 1. The highest BCUT2D eigenvalue weighted by molar-refractivity contribution is 6.37. The molecule has 3 aromatic rings. The van der Waals surface area contributed by atoms with Crippen molar-refractivity contribution in [2.75, 3.05) is 21.3 Å². The van der Waals surface area contributed by atoms with E-state index in [1.54, 1.807) is 24.3 Å². The predicted octanol–water partition coefficient (Wildman–Crippen LogP) is 5.46. The van der Waals surface area contributed by atoms with Crippen molar-refractivity contribution >= 4 is 29.2 Å². The molecule has 0 radical (unpaired) electrons. The van der Waals surface area contributed by atoms with E-state index < -0.39 is 11.9 Å². The first kappa shape index (κ1) is 25.0. The molecule has 1 aliphatic heterocycles. The van der Waals surface area contributed by atoms with E-state index in [4.69, 9.17) is 52.6 Å². The molecule has 1 heterocycles. The molecular formula is C26H20Cl2N2O6. The van der Waals surface area contributed by atoms with E-state index in [0.29, 0.717) is 28.4 Å². The molecule has 0 amide bonds. The summed E-state index contributed by atoms with van der Waals surface area (Å²) in [5, 5.41) is 10.2. The van der Waals surface area contributed by atoms with Crippen LogP contribution in [0.5, 0.6) is 28.7 Å². The van der Waals surface area contributed by atoms with Crippen molar-refractivity contribution in [2.24, 2.45) is 5.73 Å². The summed E-state index contributed by atoms with van der Waals surface area (Å²) in [7, 11) is 4.46. The van der Waals surface area contributed by atoms with Crippen LogP contribution in [0.25, 0.3) is 0 Å². The third-order valence-electron chi connectivity index (χ3n) is 5.58. The molecule has 10 heteroatoms. The Morgan fingerprint density at radius 1 is 0.972 bits per heavy atom. The van der Waals surface area contributed by atoms with Crippen molar-refractivity contribution in [1.82, 2.24) is 0 Å². The minimum absolute atomic E-state index is 0.0722. The van der Waals surface area contributed by atoms with Crippen LogP contribution < -0.4 is 29.4 Å². The van der Waals surface area contributed by atoms with E-state index in [2.05, 4.69) is 6.07 Å². The number of para-hydroxylation sites is 1. The molecule has 1 unspecified atom stereocenters. The SMILES string of the molecule is COc1cccc(C2C(C#N)=C(N)Oc3cc(OC(=O)c4cc(Cl)c(OC)c(Cl)c4)ccc32)c1OC. The van der Waals surface area contributed by atoms with Crippen LogP contribution in [0.15, 0.2) is 60.0 Å². The van der Waals surface area contributed by atoms with Gasteiger partial charge in [-0.2, -0.15) is 5.26 Å². The lowest BCUT2D eigenvalue weighted by Gasteiger charge is -2.28. The molecule has 0 aliphatic carbocycles. The Labute approximate surface area is 217 Å². The fourth-order valence-electron chi connectivity index (χ4n) is 4.00. The van der Waals surface area contributed by atoms with Gasteiger partial charge >= 0.3 is 5.97 Å². The summed E-state index contributed by atoms with van der Waals surface area (Å²) in [6.07, 6.45) is 0. The molecule has 184 valence electrons. The van der Waals surface area contributed by atoms with Gasteiger partial charge in [0.2, 0.25) is 5.88 Å². The van der Waals surface area contributed by atoms with Gasteiger partial charge in [0.15, 0.2) is 17.2 Å². The highest BCUT2D eigenvalue weighted by Gasteiger charge is 2.34. The third kappa shape index (κ3) is 4.47. The Kier molecular flexibility index (Phi) is 7.15. The predicted molar refractivity (Wildman–Crippen MR) is 133 cm³/mol. The van der Waals surface area contributed by atoms with Crippen LogP contribution >= 0.6 is 23.2 Å². The van der Waals surface area contributed by atoms with Gasteiger partial charge in [0, 0.05) is 17.2 Å². The van der Waals surface area contributed by atoms with Gasteiger partial charge in [-0.3, -0.25) is 0 Å². The summed E-state index contributed by atoms with van der Waals surface area (Å²) in [4.78, 5) is 12.8. The molecule has 0 aromatic heterocycles. The Bertz CT molecular complexity index is 1410. The number of hydrogen-bond donors (Lipinski definition) is 1. The van der Waals surface area contributed by atoms with Crippen molar-refractivity contribution < 1.29 is 28.5 Å². The zero-order valence-electron chi connectivity index (χ0n) is 19.4. The minimum atomic E-state index is -0.690. The molecule has 4 rings (SSSR count). The maximum Gasteiger partial charge on any atom is 0.343 e. The first-order chi connectivity index (χ1) is 17.3. The Morgan fingerprint density at radius 3 is 2.28 bits per heavy atom. The van der Waals surface area contributed by atoms with E-state index >= 15 is 0 Å². The topological polar surface area (TPSA) is 113 Å². The summed E-state index contributed by atoms with van der Waals surface area (Å²) in [6.45, 7) is 0. The maximum atomic E-state index is 12.8. The van der Waals surface area contributed by atoms with Crippen LogP contribution in [-0.2, 0) is 0 Å². The van der Waals surface area contributed by atoms with E-state index in [1.807, 2.05) is 6.07 Å². The van der Waals surface area contributed by atoms with Gasteiger partial charge in [0.1, 0.15) is 23.1 Å². The zero-order chi connectivity index (χ0) is 26.0. The van der Waals surface area contributed by atoms with Crippen molar-refractivity contribution in [1.29, 1.82) is 5.26 Å². The average Bonchev–Trinajstić information content (AvgIpc) is 2.86. The van der Waals surface area contributed by atoms with Crippen molar-refractivity contribution in [3.05, 3.63) is 86.7 Å². The van der Waals surface area contributed by atoms with Gasteiger partial charge in [0.25, 0.3) is 0 Å². The Morgan fingerprint density at radius 2 is 1.67 bits per heavy atom. The number of carbonyl (C=O) groups is 1. The molecule has 0 fully saturated rings. The number of benzene rings is 3. The molecule has 0 bridgehead atoms. The minimum Gasteiger partial charge on any atom is -0.494 e. The van der Waals surface area contributed by atoms with Gasteiger partial charge in [0.05, 0.1) is 42.9 Å². The highest BCUT2D eigenvalue weighted by Crippen LogP contribution is 2.48. The van der Waals surface area contributed by atoms with Gasteiger partial charge in [-0.25, -0.2) is 4.79 Å². The fourth-order valence-corrected chi connectivity index (χ4v) is 4.64. The fraction of sp³-hybridized carbons (Fsp3) is 0.154. The standard InChI is InChI=1S/C26H20Cl2N2O6/c1-32-20-6-4-5-16(23(20)33-2)22-15-8-7-14(11-21(15)36-25(30)17(22)12-29)35-26(31)13-9-18(27)24(34-3)19(28)10-13/h4-11,22H,30H2,1-3H3. The summed E-state index contributed by atoms with van der Waals surface area (Å²) >= 11 is 12.3. The number of halogens is 2. The summed E-state index contributed by atoms with van der Waals surface area (Å²) in [6, 6.07) is 15.1. The number of nitriles is 1. The molecule has 2 N–H and O–H groups in total. The van der Waals surface area contributed by atoms with Gasteiger partial charge in [-0.1, -0.05) is 41.4 Å². The second kappa shape index (κ2) is 10.3. The Balaban J connectivity index is 1.73. The molecule has 1 aliphatic rings.